The van der Waals surface area contributed by atoms with Gasteiger partial charge in [-0.25, -0.2) is 0 Å². The number of rotatable bonds is 12. The molecule has 0 spiro atoms. The first-order chi connectivity index (χ1) is 14.6. The van der Waals surface area contributed by atoms with Crippen LogP contribution < -0.4 is 14.8 Å². The normalized spacial score (nSPS) is 11.1. The maximum Gasteiger partial charge on any atom is 0.268 e. The summed E-state index contributed by atoms with van der Waals surface area (Å²) in [5.41, 5.74) is 0.637. The van der Waals surface area contributed by atoms with Crippen LogP contribution in [0, 0.1) is 11.3 Å². The topological polar surface area (TPSA) is 97.1 Å². The average Bonchev–Trinajstić information content (AvgIpc) is 3.19. The van der Waals surface area contributed by atoms with E-state index in [2.05, 4.69) is 22.4 Å². The zero-order valence-electron chi connectivity index (χ0n) is 17.7. The van der Waals surface area contributed by atoms with E-state index in [9.17, 15) is 10.1 Å². The molecule has 0 radical (unpaired) electrons. The molecule has 0 saturated heterocycles. The van der Waals surface area contributed by atoms with Crippen LogP contribution in [0.15, 0.2) is 23.8 Å². The Morgan fingerprint density at radius 2 is 2.03 bits per heavy atom. The minimum absolute atomic E-state index is 0.0301. The number of ether oxygens (including phenoxy) is 2. The van der Waals surface area contributed by atoms with Crippen molar-refractivity contribution in [3.05, 3.63) is 34.3 Å². The lowest BCUT2D eigenvalue weighted by molar-refractivity contribution is -0.112. The molecular formula is C22H28N4O3S. The number of nitriles is 1. The van der Waals surface area contributed by atoms with Gasteiger partial charge < -0.3 is 9.47 Å². The Labute approximate surface area is 181 Å². The van der Waals surface area contributed by atoms with E-state index in [0.717, 1.165) is 30.7 Å². The molecule has 1 amide bonds. The molecule has 160 valence electrons. The van der Waals surface area contributed by atoms with Gasteiger partial charge in [0.15, 0.2) is 11.5 Å². The van der Waals surface area contributed by atoms with Crippen molar-refractivity contribution in [3.8, 4) is 17.6 Å². The van der Waals surface area contributed by atoms with Gasteiger partial charge in [0.1, 0.15) is 16.6 Å². The van der Waals surface area contributed by atoms with Crippen LogP contribution in [0.2, 0.25) is 0 Å². The molecule has 7 nitrogen and oxygen atoms in total. The maximum atomic E-state index is 12.4. The largest absolute Gasteiger partial charge is 0.493 e. The van der Waals surface area contributed by atoms with Gasteiger partial charge in [0.2, 0.25) is 5.13 Å². The van der Waals surface area contributed by atoms with E-state index in [1.165, 1.54) is 30.3 Å². The number of anilines is 1. The number of aryl methyl sites for hydroxylation is 1. The molecule has 1 heterocycles. The van der Waals surface area contributed by atoms with E-state index < -0.39 is 5.91 Å². The van der Waals surface area contributed by atoms with Crippen molar-refractivity contribution in [2.24, 2.45) is 0 Å². The molecule has 0 saturated carbocycles. The number of unbranched alkanes of at least 4 members (excludes halogenated alkanes) is 3. The molecule has 0 unspecified atom stereocenters. The summed E-state index contributed by atoms with van der Waals surface area (Å²) in [5.74, 6) is 0.684. The second-order valence-electron chi connectivity index (χ2n) is 6.69. The van der Waals surface area contributed by atoms with E-state index >= 15 is 0 Å². The maximum absolute atomic E-state index is 12.4. The molecular weight excluding hydrogens is 400 g/mol. The fourth-order valence-electron chi connectivity index (χ4n) is 2.70. The number of aromatic nitrogens is 2. The molecule has 0 fully saturated rings. The van der Waals surface area contributed by atoms with E-state index in [1.54, 1.807) is 25.3 Å². The Morgan fingerprint density at radius 3 is 2.73 bits per heavy atom. The summed E-state index contributed by atoms with van der Waals surface area (Å²) in [6, 6.07) is 7.27. The van der Waals surface area contributed by atoms with E-state index in [4.69, 9.17) is 9.47 Å². The lowest BCUT2D eigenvalue weighted by atomic mass is 10.1. The monoisotopic (exact) mass is 428 g/mol. The van der Waals surface area contributed by atoms with Crippen molar-refractivity contribution >= 4 is 28.5 Å². The summed E-state index contributed by atoms with van der Waals surface area (Å²) in [4.78, 5) is 12.4. The van der Waals surface area contributed by atoms with Gasteiger partial charge in [-0.3, -0.25) is 10.1 Å². The van der Waals surface area contributed by atoms with Crippen molar-refractivity contribution in [1.82, 2.24) is 10.2 Å². The molecule has 2 aromatic rings. The number of nitrogens with zero attached hydrogens (tertiary/aromatic N) is 3. The highest BCUT2D eigenvalue weighted by Crippen LogP contribution is 2.29. The Balaban J connectivity index is 2.06. The van der Waals surface area contributed by atoms with Crippen LogP contribution in [0.25, 0.3) is 6.08 Å². The first-order valence-corrected chi connectivity index (χ1v) is 11.0. The summed E-state index contributed by atoms with van der Waals surface area (Å²) in [5, 5.41) is 21.3. The molecule has 0 atom stereocenters. The van der Waals surface area contributed by atoms with E-state index in [0.29, 0.717) is 28.8 Å². The van der Waals surface area contributed by atoms with Crippen LogP contribution in [-0.2, 0) is 11.2 Å². The lowest BCUT2D eigenvalue weighted by Crippen LogP contribution is -2.13. The number of methoxy groups -OCH3 is 1. The average molecular weight is 429 g/mol. The van der Waals surface area contributed by atoms with E-state index in [1.807, 2.05) is 13.0 Å². The van der Waals surface area contributed by atoms with Crippen molar-refractivity contribution in [2.45, 2.75) is 52.4 Å². The lowest BCUT2D eigenvalue weighted by Gasteiger charge is -2.11. The minimum atomic E-state index is -0.521. The van der Waals surface area contributed by atoms with Crippen LogP contribution in [-0.4, -0.2) is 29.8 Å². The molecule has 8 heteroatoms. The van der Waals surface area contributed by atoms with Crippen molar-refractivity contribution in [1.29, 1.82) is 5.26 Å². The van der Waals surface area contributed by atoms with Crippen LogP contribution in [0.1, 0.15) is 56.5 Å². The van der Waals surface area contributed by atoms with E-state index in [-0.39, 0.29) is 5.57 Å². The predicted octanol–water partition coefficient (Wildman–Crippen LogP) is 5.00. The highest BCUT2D eigenvalue weighted by Gasteiger charge is 2.13. The van der Waals surface area contributed by atoms with Gasteiger partial charge in [-0.05, 0) is 36.6 Å². The van der Waals surface area contributed by atoms with Crippen molar-refractivity contribution < 1.29 is 14.3 Å². The summed E-state index contributed by atoms with van der Waals surface area (Å²) >= 11 is 1.31. The number of carbonyl (C=O) groups excluding carboxylic acids is 1. The quantitative estimate of drug-likeness (QED) is 0.290. The number of amides is 1. The van der Waals surface area contributed by atoms with Gasteiger partial charge >= 0.3 is 0 Å². The van der Waals surface area contributed by atoms with Gasteiger partial charge in [-0.2, -0.15) is 5.26 Å². The van der Waals surface area contributed by atoms with Crippen molar-refractivity contribution in [3.63, 3.8) is 0 Å². The highest BCUT2D eigenvalue weighted by atomic mass is 32.1. The van der Waals surface area contributed by atoms with Gasteiger partial charge in [0.25, 0.3) is 5.91 Å². The minimum Gasteiger partial charge on any atom is -0.493 e. The van der Waals surface area contributed by atoms with Crippen LogP contribution >= 0.6 is 11.3 Å². The molecule has 0 aliphatic carbocycles. The number of carbonyl (C=O) groups is 1. The number of benzene rings is 1. The number of hydrogen-bond acceptors (Lipinski definition) is 7. The second-order valence-corrected chi connectivity index (χ2v) is 7.76. The number of hydrogen-bond donors (Lipinski definition) is 1. The molecule has 0 bridgehead atoms. The fourth-order valence-corrected chi connectivity index (χ4v) is 3.54. The molecule has 0 aliphatic rings. The third-order valence-electron chi connectivity index (χ3n) is 4.27. The smallest absolute Gasteiger partial charge is 0.268 e. The summed E-state index contributed by atoms with van der Waals surface area (Å²) in [6.07, 6.45) is 7.76. The summed E-state index contributed by atoms with van der Waals surface area (Å²) < 4.78 is 11.2. The molecule has 1 aromatic heterocycles. The highest BCUT2D eigenvalue weighted by molar-refractivity contribution is 7.15. The van der Waals surface area contributed by atoms with Crippen molar-refractivity contribution in [2.75, 3.05) is 19.0 Å². The standard InChI is InChI=1S/C22H28N4O3S/c1-4-6-7-8-12-29-18-11-10-16(14-19(18)28-3)13-17(15-23)21(27)24-22-26-25-20(30-22)9-5-2/h10-11,13-14H,4-9,12H2,1-3H3,(H,24,26,27). The van der Waals surface area contributed by atoms with Gasteiger partial charge in [-0.1, -0.05) is 50.5 Å². The first kappa shape index (κ1) is 23.4. The molecule has 1 aromatic carbocycles. The SMILES string of the molecule is CCCCCCOc1ccc(C=C(C#N)C(=O)Nc2nnc(CCC)s2)cc1OC. The second kappa shape index (κ2) is 12.6. The Hall–Kier alpha value is -2.92. The third-order valence-corrected chi connectivity index (χ3v) is 5.17. The Bertz CT molecular complexity index is 902. The summed E-state index contributed by atoms with van der Waals surface area (Å²) in [6.45, 7) is 4.84. The number of nitrogens with one attached hydrogen (secondary N) is 1. The molecule has 0 aliphatic heterocycles. The first-order valence-electron chi connectivity index (χ1n) is 10.2. The zero-order chi connectivity index (χ0) is 21.8. The molecule has 2 rings (SSSR count). The fraction of sp³-hybridized carbons (Fsp3) is 0.455. The van der Waals surface area contributed by atoms with Crippen LogP contribution in [0.4, 0.5) is 5.13 Å². The van der Waals surface area contributed by atoms with Crippen LogP contribution in [0.3, 0.4) is 0 Å². The van der Waals surface area contributed by atoms with Crippen LogP contribution in [0.5, 0.6) is 11.5 Å². The zero-order valence-corrected chi connectivity index (χ0v) is 18.6. The third kappa shape index (κ3) is 7.16. The van der Waals surface area contributed by atoms with Gasteiger partial charge in [0.05, 0.1) is 13.7 Å². The Morgan fingerprint density at radius 1 is 1.20 bits per heavy atom. The van der Waals surface area contributed by atoms with Gasteiger partial charge in [0, 0.05) is 6.42 Å². The predicted molar refractivity (Wildman–Crippen MR) is 119 cm³/mol. The Kier molecular flexibility index (Phi) is 9.81. The summed E-state index contributed by atoms with van der Waals surface area (Å²) in [7, 11) is 1.56. The van der Waals surface area contributed by atoms with Gasteiger partial charge in [-0.15, -0.1) is 10.2 Å². The molecule has 30 heavy (non-hydrogen) atoms. The molecule has 1 N–H and O–H groups in total.